The fourth-order valence-corrected chi connectivity index (χ4v) is 4.60. The standard InChI is InChI=1S/C19H24N2O3S/c1-4-11-5-7-13-16(9-11)25-18(20)17(13)19(22)21-14-10-12(23-2)6-8-15(14)24-3/h6,8,10-11H,4-5,7,9,20H2,1-3H3,(H,21,22)/t11-/m1/s1. The van der Waals surface area contributed by atoms with Crippen molar-refractivity contribution in [3.05, 3.63) is 34.2 Å². The fraction of sp³-hybridized carbons (Fsp3) is 0.421. The van der Waals surface area contributed by atoms with E-state index in [0.717, 1.165) is 24.8 Å². The molecule has 0 unspecified atom stereocenters. The van der Waals surface area contributed by atoms with Crippen LogP contribution in [0.1, 0.15) is 40.6 Å². The van der Waals surface area contributed by atoms with E-state index >= 15 is 0 Å². The summed E-state index contributed by atoms with van der Waals surface area (Å²) in [6, 6.07) is 5.31. The van der Waals surface area contributed by atoms with Gasteiger partial charge in [0.05, 0.1) is 30.5 Å². The third kappa shape index (κ3) is 3.44. The minimum absolute atomic E-state index is 0.184. The minimum atomic E-state index is -0.184. The van der Waals surface area contributed by atoms with E-state index in [2.05, 4.69) is 12.2 Å². The van der Waals surface area contributed by atoms with Crippen molar-refractivity contribution in [3.63, 3.8) is 0 Å². The van der Waals surface area contributed by atoms with Crippen molar-refractivity contribution < 1.29 is 14.3 Å². The van der Waals surface area contributed by atoms with Crippen LogP contribution in [0, 0.1) is 5.92 Å². The predicted molar refractivity (Wildman–Crippen MR) is 102 cm³/mol. The molecule has 1 amide bonds. The summed E-state index contributed by atoms with van der Waals surface area (Å²) in [5, 5.41) is 3.54. The van der Waals surface area contributed by atoms with Gasteiger partial charge in [-0.05, 0) is 42.9 Å². The Morgan fingerprint density at radius 3 is 2.84 bits per heavy atom. The molecule has 0 saturated heterocycles. The van der Waals surface area contributed by atoms with Crippen LogP contribution in [0.2, 0.25) is 0 Å². The van der Waals surface area contributed by atoms with Crippen LogP contribution in [-0.2, 0) is 12.8 Å². The lowest BCUT2D eigenvalue weighted by atomic mass is 9.85. The fourth-order valence-electron chi connectivity index (χ4n) is 3.37. The molecule has 1 aliphatic carbocycles. The zero-order valence-corrected chi connectivity index (χ0v) is 15.7. The second kappa shape index (κ2) is 7.35. The SMILES string of the molecule is CC[C@@H]1CCc2c(sc(N)c2C(=O)Nc2cc(OC)ccc2OC)C1. The Morgan fingerprint density at radius 1 is 1.36 bits per heavy atom. The van der Waals surface area contributed by atoms with E-state index in [0.29, 0.717) is 33.7 Å². The molecule has 0 spiro atoms. The highest BCUT2D eigenvalue weighted by Gasteiger charge is 2.27. The molecule has 25 heavy (non-hydrogen) atoms. The van der Waals surface area contributed by atoms with Crippen LogP contribution < -0.4 is 20.5 Å². The Bertz CT molecular complexity index is 785. The summed E-state index contributed by atoms with van der Waals surface area (Å²) in [7, 11) is 3.16. The molecule has 5 nitrogen and oxygen atoms in total. The number of hydrogen-bond acceptors (Lipinski definition) is 5. The number of methoxy groups -OCH3 is 2. The number of nitrogen functional groups attached to an aromatic ring is 1. The first-order chi connectivity index (χ1) is 12.1. The molecule has 1 aliphatic rings. The van der Waals surface area contributed by atoms with Crippen LogP contribution >= 0.6 is 11.3 Å². The van der Waals surface area contributed by atoms with Crippen molar-refractivity contribution in [2.24, 2.45) is 5.92 Å². The Morgan fingerprint density at radius 2 is 2.16 bits per heavy atom. The number of hydrogen-bond donors (Lipinski definition) is 2. The molecule has 6 heteroatoms. The topological polar surface area (TPSA) is 73.6 Å². The molecule has 3 rings (SSSR count). The first-order valence-corrected chi connectivity index (χ1v) is 9.32. The van der Waals surface area contributed by atoms with E-state index in [1.165, 1.54) is 11.3 Å². The van der Waals surface area contributed by atoms with Gasteiger partial charge in [0, 0.05) is 10.9 Å². The molecule has 0 bridgehead atoms. The second-order valence-corrected chi connectivity index (χ2v) is 7.42. The molecule has 1 heterocycles. The molecule has 0 fully saturated rings. The van der Waals surface area contributed by atoms with Gasteiger partial charge >= 0.3 is 0 Å². The molecule has 1 aromatic carbocycles. The lowest BCUT2D eigenvalue weighted by molar-refractivity contribution is 0.102. The summed E-state index contributed by atoms with van der Waals surface area (Å²) in [6.45, 7) is 2.22. The average Bonchev–Trinajstić information content (AvgIpc) is 2.96. The first kappa shape index (κ1) is 17.6. The van der Waals surface area contributed by atoms with Gasteiger partial charge in [-0.3, -0.25) is 4.79 Å². The number of ether oxygens (including phenoxy) is 2. The van der Waals surface area contributed by atoms with Gasteiger partial charge in [0.25, 0.3) is 5.91 Å². The number of fused-ring (bicyclic) bond motifs is 1. The molecular formula is C19H24N2O3S. The second-order valence-electron chi connectivity index (χ2n) is 6.28. The number of nitrogens with two attached hydrogens (primary N) is 1. The molecule has 0 radical (unpaired) electrons. The molecule has 1 aromatic heterocycles. The lowest BCUT2D eigenvalue weighted by Gasteiger charge is -2.21. The van der Waals surface area contributed by atoms with Gasteiger partial charge in [-0.25, -0.2) is 0 Å². The number of thiophene rings is 1. The van der Waals surface area contributed by atoms with E-state index in [1.54, 1.807) is 43.8 Å². The van der Waals surface area contributed by atoms with E-state index in [9.17, 15) is 4.79 Å². The van der Waals surface area contributed by atoms with Gasteiger partial charge in [0.1, 0.15) is 11.5 Å². The van der Waals surface area contributed by atoms with Crippen molar-refractivity contribution in [3.8, 4) is 11.5 Å². The minimum Gasteiger partial charge on any atom is -0.497 e. The summed E-state index contributed by atoms with van der Waals surface area (Å²) >= 11 is 1.55. The number of carbonyl (C=O) groups is 1. The molecule has 2 aromatic rings. The van der Waals surface area contributed by atoms with Gasteiger partial charge in [0.2, 0.25) is 0 Å². The Balaban J connectivity index is 1.89. The van der Waals surface area contributed by atoms with E-state index in [1.807, 2.05) is 0 Å². The van der Waals surface area contributed by atoms with Gasteiger partial charge in [-0.1, -0.05) is 13.3 Å². The summed E-state index contributed by atoms with van der Waals surface area (Å²) in [4.78, 5) is 14.2. The van der Waals surface area contributed by atoms with Crippen LogP contribution in [0.5, 0.6) is 11.5 Å². The van der Waals surface area contributed by atoms with Gasteiger partial charge < -0.3 is 20.5 Å². The van der Waals surface area contributed by atoms with Crippen molar-refractivity contribution in [2.45, 2.75) is 32.6 Å². The lowest BCUT2D eigenvalue weighted by Crippen LogP contribution is -2.18. The zero-order valence-electron chi connectivity index (χ0n) is 14.8. The normalized spacial score (nSPS) is 16.2. The summed E-state index contributed by atoms with van der Waals surface area (Å²) < 4.78 is 10.6. The summed E-state index contributed by atoms with van der Waals surface area (Å²) in [6.07, 6.45) is 4.22. The van der Waals surface area contributed by atoms with E-state index in [4.69, 9.17) is 15.2 Å². The van der Waals surface area contributed by atoms with Crippen LogP contribution in [0.25, 0.3) is 0 Å². The highest BCUT2D eigenvalue weighted by atomic mass is 32.1. The van der Waals surface area contributed by atoms with Gasteiger partial charge in [-0.2, -0.15) is 0 Å². The van der Waals surface area contributed by atoms with Crippen LogP contribution in [0.15, 0.2) is 18.2 Å². The zero-order chi connectivity index (χ0) is 18.0. The third-order valence-electron chi connectivity index (χ3n) is 4.85. The number of nitrogens with one attached hydrogen (secondary N) is 1. The molecular weight excluding hydrogens is 336 g/mol. The van der Waals surface area contributed by atoms with Gasteiger partial charge in [0.15, 0.2) is 0 Å². The predicted octanol–water partition coefficient (Wildman–Crippen LogP) is 4.11. The molecule has 1 atom stereocenters. The summed E-state index contributed by atoms with van der Waals surface area (Å²) in [5.74, 6) is 1.75. The van der Waals surface area contributed by atoms with Crippen molar-refractivity contribution >= 4 is 27.9 Å². The maximum absolute atomic E-state index is 12.9. The monoisotopic (exact) mass is 360 g/mol. The van der Waals surface area contributed by atoms with Crippen LogP contribution in [-0.4, -0.2) is 20.1 Å². The maximum atomic E-state index is 12.9. The number of benzene rings is 1. The van der Waals surface area contributed by atoms with Crippen molar-refractivity contribution in [1.29, 1.82) is 0 Å². The van der Waals surface area contributed by atoms with Crippen LogP contribution in [0.3, 0.4) is 0 Å². The van der Waals surface area contributed by atoms with Crippen molar-refractivity contribution in [1.82, 2.24) is 0 Å². The highest BCUT2D eigenvalue weighted by Crippen LogP contribution is 2.39. The molecule has 0 saturated carbocycles. The van der Waals surface area contributed by atoms with E-state index < -0.39 is 0 Å². The third-order valence-corrected chi connectivity index (χ3v) is 5.94. The summed E-state index contributed by atoms with van der Waals surface area (Å²) in [5.41, 5.74) is 8.51. The Kier molecular flexibility index (Phi) is 5.18. The number of amides is 1. The Hall–Kier alpha value is -2.21. The first-order valence-electron chi connectivity index (χ1n) is 8.50. The number of carbonyl (C=O) groups excluding carboxylic acids is 1. The van der Waals surface area contributed by atoms with Crippen LogP contribution in [0.4, 0.5) is 10.7 Å². The highest BCUT2D eigenvalue weighted by molar-refractivity contribution is 7.16. The molecule has 0 aliphatic heterocycles. The number of anilines is 2. The maximum Gasteiger partial charge on any atom is 0.259 e. The number of rotatable bonds is 5. The Labute approximate surface area is 152 Å². The average molecular weight is 360 g/mol. The van der Waals surface area contributed by atoms with Crippen molar-refractivity contribution in [2.75, 3.05) is 25.3 Å². The largest absolute Gasteiger partial charge is 0.497 e. The molecule has 3 N–H and O–H groups in total. The molecule has 134 valence electrons. The van der Waals surface area contributed by atoms with Gasteiger partial charge in [-0.15, -0.1) is 11.3 Å². The smallest absolute Gasteiger partial charge is 0.259 e. The quantitative estimate of drug-likeness (QED) is 0.841. The van der Waals surface area contributed by atoms with E-state index in [-0.39, 0.29) is 5.91 Å².